The van der Waals surface area contributed by atoms with E-state index in [2.05, 4.69) is 0 Å². The molecule has 0 radical (unpaired) electrons. The summed E-state index contributed by atoms with van der Waals surface area (Å²) in [5.74, 6) is -2.60. The summed E-state index contributed by atoms with van der Waals surface area (Å²) in [5.41, 5.74) is 1.79. The molecular formula is C24H25ClF2O5. The third-order valence-corrected chi connectivity index (χ3v) is 5.71. The van der Waals surface area contributed by atoms with Crippen molar-refractivity contribution in [2.24, 2.45) is 0 Å². The Balaban J connectivity index is 1.85. The molecule has 2 aromatic rings. The number of benzene rings is 2. The van der Waals surface area contributed by atoms with Crippen molar-refractivity contribution in [3.63, 3.8) is 0 Å². The molecule has 0 aromatic heterocycles. The Kier molecular flexibility index (Phi) is 7.85. The number of ether oxygens (including phenoxy) is 3. The summed E-state index contributed by atoms with van der Waals surface area (Å²) in [7, 11) is 0. The van der Waals surface area contributed by atoms with Crippen molar-refractivity contribution in [3.05, 3.63) is 69.2 Å². The molecule has 5 nitrogen and oxygen atoms in total. The Hall–Kier alpha value is -2.51. The number of rotatable bonds is 6. The average molecular weight is 467 g/mol. The number of hydrogen-bond acceptors (Lipinski definition) is 5. The van der Waals surface area contributed by atoms with Crippen LogP contribution in [0.2, 0.25) is 5.02 Å². The van der Waals surface area contributed by atoms with E-state index in [1.165, 1.54) is 26.8 Å². The second kappa shape index (κ2) is 10.4. The molecule has 0 N–H and O–H groups in total. The molecule has 1 fully saturated rings. The molecule has 3 rings (SSSR count). The predicted molar refractivity (Wildman–Crippen MR) is 114 cm³/mol. The van der Waals surface area contributed by atoms with Crippen LogP contribution in [0, 0.1) is 18.6 Å². The van der Waals surface area contributed by atoms with Gasteiger partial charge in [-0.2, -0.15) is 0 Å². The molecule has 8 heteroatoms. The van der Waals surface area contributed by atoms with Gasteiger partial charge in [-0.05, 0) is 35.2 Å². The molecule has 32 heavy (non-hydrogen) atoms. The molecule has 1 aliphatic rings. The van der Waals surface area contributed by atoms with Crippen molar-refractivity contribution in [3.8, 4) is 0 Å². The van der Waals surface area contributed by atoms with E-state index >= 15 is 0 Å². The molecule has 0 bridgehead atoms. The molecule has 3 atom stereocenters. The van der Waals surface area contributed by atoms with Gasteiger partial charge in [0.15, 0.2) is 11.6 Å². The van der Waals surface area contributed by atoms with Crippen LogP contribution < -0.4 is 0 Å². The number of halogens is 3. The van der Waals surface area contributed by atoms with E-state index in [-0.39, 0.29) is 24.2 Å². The lowest BCUT2D eigenvalue weighted by Crippen LogP contribution is -2.36. The third kappa shape index (κ3) is 6.04. The van der Waals surface area contributed by atoms with Crippen LogP contribution in [-0.2, 0) is 30.2 Å². The third-order valence-electron chi connectivity index (χ3n) is 5.34. The maximum Gasteiger partial charge on any atom is 0.302 e. The first-order valence-corrected chi connectivity index (χ1v) is 10.7. The Bertz CT molecular complexity index is 1010. The zero-order valence-electron chi connectivity index (χ0n) is 18.1. The SMILES string of the molecule is CC(=O)OCC1CC(OC(C)=O)CC(c2ccc(Cl)c(Cc3ccc(C)c(F)c3F)c2)O1. The van der Waals surface area contributed by atoms with Gasteiger partial charge in [0.05, 0.1) is 12.2 Å². The van der Waals surface area contributed by atoms with Crippen LogP contribution in [0.4, 0.5) is 8.78 Å². The molecule has 0 aliphatic carbocycles. The second-order valence-electron chi connectivity index (χ2n) is 7.95. The molecule has 1 saturated heterocycles. The first-order chi connectivity index (χ1) is 15.1. The molecule has 0 spiro atoms. The van der Waals surface area contributed by atoms with E-state index in [0.29, 0.717) is 23.4 Å². The molecule has 172 valence electrons. The van der Waals surface area contributed by atoms with Crippen LogP contribution in [0.5, 0.6) is 0 Å². The van der Waals surface area contributed by atoms with Crippen LogP contribution in [-0.4, -0.2) is 30.8 Å². The fraction of sp³-hybridized carbons (Fsp3) is 0.417. The Labute approximate surface area is 190 Å². The molecule has 0 saturated carbocycles. The van der Waals surface area contributed by atoms with Gasteiger partial charge in [-0.3, -0.25) is 9.59 Å². The zero-order chi connectivity index (χ0) is 23.4. The van der Waals surface area contributed by atoms with E-state index in [9.17, 15) is 18.4 Å². The lowest BCUT2D eigenvalue weighted by Gasteiger charge is -2.35. The lowest BCUT2D eigenvalue weighted by atomic mass is 9.93. The second-order valence-corrected chi connectivity index (χ2v) is 8.36. The zero-order valence-corrected chi connectivity index (χ0v) is 18.9. The van der Waals surface area contributed by atoms with Gasteiger partial charge in [0.2, 0.25) is 0 Å². The van der Waals surface area contributed by atoms with E-state index in [0.717, 1.165) is 5.56 Å². The van der Waals surface area contributed by atoms with Crippen molar-refractivity contribution < 1.29 is 32.6 Å². The smallest absolute Gasteiger partial charge is 0.302 e. The van der Waals surface area contributed by atoms with E-state index < -0.39 is 41.9 Å². The Morgan fingerprint density at radius 3 is 2.50 bits per heavy atom. The Morgan fingerprint density at radius 2 is 1.81 bits per heavy atom. The largest absolute Gasteiger partial charge is 0.463 e. The minimum Gasteiger partial charge on any atom is -0.463 e. The maximum atomic E-state index is 14.4. The predicted octanol–water partition coefficient (Wildman–Crippen LogP) is 5.23. The topological polar surface area (TPSA) is 61.8 Å². The molecule has 1 aliphatic heterocycles. The highest BCUT2D eigenvalue weighted by atomic mass is 35.5. The van der Waals surface area contributed by atoms with Gasteiger partial charge in [0.1, 0.15) is 12.7 Å². The van der Waals surface area contributed by atoms with Crippen molar-refractivity contribution in [1.82, 2.24) is 0 Å². The van der Waals surface area contributed by atoms with Crippen LogP contribution in [0.3, 0.4) is 0 Å². The van der Waals surface area contributed by atoms with Gasteiger partial charge in [0.25, 0.3) is 0 Å². The molecule has 2 aromatic carbocycles. The van der Waals surface area contributed by atoms with Gasteiger partial charge < -0.3 is 14.2 Å². The van der Waals surface area contributed by atoms with Crippen molar-refractivity contribution in [2.75, 3.05) is 6.61 Å². The highest BCUT2D eigenvalue weighted by Crippen LogP contribution is 2.35. The molecule has 3 unspecified atom stereocenters. The van der Waals surface area contributed by atoms with Gasteiger partial charge in [-0.1, -0.05) is 35.9 Å². The van der Waals surface area contributed by atoms with Crippen LogP contribution >= 0.6 is 11.6 Å². The summed E-state index contributed by atoms with van der Waals surface area (Å²) in [5, 5.41) is 0.415. The lowest BCUT2D eigenvalue weighted by molar-refractivity contribution is -0.169. The van der Waals surface area contributed by atoms with E-state index in [4.69, 9.17) is 25.8 Å². The number of carbonyl (C=O) groups is 2. The van der Waals surface area contributed by atoms with E-state index in [1.807, 2.05) is 0 Å². The first kappa shape index (κ1) is 24.1. The normalized spacial score (nSPS) is 20.6. The summed E-state index contributed by atoms with van der Waals surface area (Å²) < 4.78 is 44.9. The van der Waals surface area contributed by atoms with Gasteiger partial charge >= 0.3 is 11.9 Å². The minimum atomic E-state index is -0.892. The van der Waals surface area contributed by atoms with Gasteiger partial charge in [0, 0.05) is 38.1 Å². The van der Waals surface area contributed by atoms with Crippen LogP contribution in [0.1, 0.15) is 55.0 Å². The summed E-state index contributed by atoms with van der Waals surface area (Å²) in [4.78, 5) is 22.7. The maximum absolute atomic E-state index is 14.4. The molecular weight excluding hydrogens is 442 g/mol. The van der Waals surface area contributed by atoms with Crippen molar-refractivity contribution in [2.45, 2.75) is 58.3 Å². The van der Waals surface area contributed by atoms with Crippen LogP contribution in [0.25, 0.3) is 0 Å². The minimum absolute atomic E-state index is 0.0396. The average Bonchev–Trinajstić information content (AvgIpc) is 2.73. The number of aryl methyl sites for hydroxylation is 1. The standard InChI is InChI=1S/C24H25ClF2O5/c1-13-4-5-17(24(27)23(13)26)9-18-8-16(6-7-21(18)25)22-11-19(31-15(3)29)10-20(32-22)12-30-14(2)28/h4-8,19-20,22H,9-12H2,1-3H3. The highest BCUT2D eigenvalue weighted by molar-refractivity contribution is 6.31. The monoisotopic (exact) mass is 466 g/mol. The summed E-state index contributed by atoms with van der Waals surface area (Å²) in [6.45, 7) is 4.18. The highest BCUT2D eigenvalue weighted by Gasteiger charge is 2.33. The number of esters is 2. The van der Waals surface area contributed by atoms with Crippen molar-refractivity contribution in [1.29, 1.82) is 0 Å². The fourth-order valence-electron chi connectivity index (χ4n) is 3.79. The quantitative estimate of drug-likeness (QED) is 0.545. The van der Waals surface area contributed by atoms with Gasteiger partial charge in [-0.15, -0.1) is 0 Å². The number of hydrogen-bond donors (Lipinski definition) is 0. The summed E-state index contributed by atoms with van der Waals surface area (Å²) >= 11 is 6.34. The fourth-order valence-corrected chi connectivity index (χ4v) is 3.98. The number of carbonyl (C=O) groups excluding carboxylic acids is 2. The Morgan fingerprint density at radius 1 is 1.06 bits per heavy atom. The summed E-state index contributed by atoms with van der Waals surface area (Å²) in [6.07, 6.45) is -0.404. The van der Waals surface area contributed by atoms with Crippen LogP contribution in [0.15, 0.2) is 30.3 Å². The molecule has 1 heterocycles. The van der Waals surface area contributed by atoms with Gasteiger partial charge in [-0.25, -0.2) is 8.78 Å². The van der Waals surface area contributed by atoms with E-state index in [1.54, 1.807) is 24.3 Å². The first-order valence-electron chi connectivity index (χ1n) is 10.3. The van der Waals surface area contributed by atoms with Crippen molar-refractivity contribution >= 4 is 23.5 Å². The summed E-state index contributed by atoms with van der Waals surface area (Å²) in [6, 6.07) is 8.30. The molecule has 0 amide bonds.